The highest BCUT2D eigenvalue weighted by molar-refractivity contribution is 6.06. The second kappa shape index (κ2) is 8.93. The van der Waals surface area contributed by atoms with Crippen LogP contribution < -0.4 is 15.8 Å². The van der Waals surface area contributed by atoms with Crippen LogP contribution in [-0.2, 0) is 6.61 Å². The molecule has 0 radical (unpaired) electrons. The van der Waals surface area contributed by atoms with Gasteiger partial charge in [0.1, 0.15) is 12.4 Å². The van der Waals surface area contributed by atoms with Crippen molar-refractivity contribution in [3.8, 4) is 5.75 Å². The van der Waals surface area contributed by atoms with E-state index in [2.05, 4.69) is 10.3 Å². The van der Waals surface area contributed by atoms with E-state index in [4.69, 9.17) is 10.5 Å². The first-order valence-electron chi connectivity index (χ1n) is 8.57. The number of aliphatic hydroxyl groups excluding tert-OH is 1. The average Bonchev–Trinajstić information content (AvgIpc) is 2.73. The molecule has 1 atom stereocenters. The number of benzene rings is 2. The van der Waals surface area contributed by atoms with Gasteiger partial charge in [-0.1, -0.05) is 36.4 Å². The van der Waals surface area contributed by atoms with E-state index in [1.165, 1.54) is 0 Å². The largest absolute Gasteiger partial charge is 0.488 e. The van der Waals surface area contributed by atoms with Crippen LogP contribution in [0.4, 0.5) is 5.69 Å². The number of rotatable bonds is 7. The van der Waals surface area contributed by atoms with Gasteiger partial charge in [-0.05, 0) is 35.4 Å². The SMILES string of the molecule is NCC(O)c1ccc(OCc2ccccc2)c(C(=O)Nc2cccnc2)c1. The summed E-state index contributed by atoms with van der Waals surface area (Å²) in [6, 6.07) is 18.1. The molecule has 4 N–H and O–H groups in total. The first kappa shape index (κ1) is 18.6. The van der Waals surface area contributed by atoms with Crippen LogP contribution in [0.2, 0.25) is 0 Å². The molecule has 3 rings (SSSR count). The highest BCUT2D eigenvalue weighted by atomic mass is 16.5. The molecule has 0 aliphatic rings. The first-order valence-corrected chi connectivity index (χ1v) is 8.57. The summed E-state index contributed by atoms with van der Waals surface area (Å²) in [5.74, 6) is 0.0744. The fraction of sp³-hybridized carbons (Fsp3) is 0.143. The molecule has 138 valence electrons. The standard InChI is InChI=1S/C21H21N3O3/c22-12-19(25)16-8-9-20(27-14-15-5-2-1-3-6-15)18(11-16)21(26)24-17-7-4-10-23-13-17/h1-11,13,19,25H,12,14,22H2,(H,24,26). The molecule has 0 aliphatic heterocycles. The maximum atomic E-state index is 12.8. The van der Waals surface area contributed by atoms with Crippen LogP contribution in [0, 0.1) is 0 Å². The van der Waals surface area contributed by atoms with Crippen molar-refractivity contribution in [1.29, 1.82) is 0 Å². The minimum Gasteiger partial charge on any atom is -0.488 e. The molecule has 2 aromatic carbocycles. The second-order valence-electron chi connectivity index (χ2n) is 5.98. The maximum Gasteiger partial charge on any atom is 0.259 e. The number of aliphatic hydroxyl groups is 1. The number of hydrogen-bond acceptors (Lipinski definition) is 5. The summed E-state index contributed by atoms with van der Waals surface area (Å²) in [6.45, 7) is 0.390. The van der Waals surface area contributed by atoms with E-state index in [-0.39, 0.29) is 12.5 Å². The molecule has 27 heavy (non-hydrogen) atoms. The normalized spacial score (nSPS) is 11.6. The van der Waals surface area contributed by atoms with E-state index in [0.29, 0.717) is 29.2 Å². The molecular formula is C21H21N3O3. The summed E-state index contributed by atoms with van der Waals surface area (Å²) < 4.78 is 5.86. The molecule has 6 heteroatoms. The van der Waals surface area contributed by atoms with E-state index in [1.807, 2.05) is 30.3 Å². The molecule has 0 aliphatic carbocycles. The van der Waals surface area contributed by atoms with Gasteiger partial charge in [-0.3, -0.25) is 9.78 Å². The number of carbonyl (C=O) groups excluding carboxylic acids is 1. The Labute approximate surface area is 157 Å². The zero-order chi connectivity index (χ0) is 19.1. The third-order valence-corrected chi connectivity index (χ3v) is 4.01. The van der Waals surface area contributed by atoms with Crippen molar-refractivity contribution in [1.82, 2.24) is 4.98 Å². The molecule has 6 nitrogen and oxygen atoms in total. The number of nitrogens with zero attached hydrogens (tertiary/aromatic N) is 1. The van der Waals surface area contributed by atoms with Gasteiger partial charge in [-0.2, -0.15) is 0 Å². The van der Waals surface area contributed by atoms with E-state index >= 15 is 0 Å². The quantitative estimate of drug-likeness (QED) is 0.600. The Morgan fingerprint density at radius 1 is 1.15 bits per heavy atom. The van der Waals surface area contributed by atoms with Crippen LogP contribution >= 0.6 is 0 Å². The topological polar surface area (TPSA) is 97.5 Å². The molecule has 1 amide bonds. The maximum absolute atomic E-state index is 12.8. The highest BCUT2D eigenvalue weighted by Crippen LogP contribution is 2.25. The molecule has 3 aromatic rings. The third kappa shape index (κ3) is 4.91. The number of nitrogens with one attached hydrogen (secondary N) is 1. The van der Waals surface area contributed by atoms with Crippen molar-refractivity contribution in [2.75, 3.05) is 11.9 Å². The van der Waals surface area contributed by atoms with Crippen LogP contribution in [0.5, 0.6) is 5.75 Å². The first-order chi connectivity index (χ1) is 13.2. The van der Waals surface area contributed by atoms with Gasteiger partial charge in [0, 0.05) is 12.7 Å². The molecular weight excluding hydrogens is 342 g/mol. The third-order valence-electron chi connectivity index (χ3n) is 4.01. The van der Waals surface area contributed by atoms with Gasteiger partial charge in [0.25, 0.3) is 5.91 Å². The monoisotopic (exact) mass is 363 g/mol. The number of nitrogens with two attached hydrogens (primary N) is 1. The molecule has 0 spiro atoms. The number of amides is 1. The number of aromatic nitrogens is 1. The zero-order valence-electron chi connectivity index (χ0n) is 14.7. The lowest BCUT2D eigenvalue weighted by molar-refractivity contribution is 0.102. The van der Waals surface area contributed by atoms with Crippen molar-refractivity contribution >= 4 is 11.6 Å². The number of pyridine rings is 1. The van der Waals surface area contributed by atoms with Gasteiger partial charge < -0.3 is 20.9 Å². The highest BCUT2D eigenvalue weighted by Gasteiger charge is 2.17. The lowest BCUT2D eigenvalue weighted by Crippen LogP contribution is -2.16. The number of anilines is 1. The summed E-state index contributed by atoms with van der Waals surface area (Å²) in [7, 11) is 0. The molecule has 0 saturated heterocycles. The van der Waals surface area contributed by atoms with Crippen LogP contribution in [0.25, 0.3) is 0 Å². The fourth-order valence-electron chi connectivity index (χ4n) is 2.56. The summed E-state index contributed by atoms with van der Waals surface area (Å²) in [6.07, 6.45) is 2.33. The van der Waals surface area contributed by atoms with Gasteiger partial charge in [0.2, 0.25) is 0 Å². The molecule has 1 heterocycles. The minimum atomic E-state index is -0.849. The van der Waals surface area contributed by atoms with Gasteiger partial charge in [0.05, 0.1) is 23.6 Å². The van der Waals surface area contributed by atoms with Crippen molar-refractivity contribution in [2.24, 2.45) is 5.73 Å². The Morgan fingerprint density at radius 2 is 1.96 bits per heavy atom. The Balaban J connectivity index is 1.86. The Kier molecular flexibility index (Phi) is 6.14. The van der Waals surface area contributed by atoms with E-state index in [1.54, 1.807) is 42.7 Å². The van der Waals surface area contributed by atoms with E-state index in [0.717, 1.165) is 5.56 Å². The van der Waals surface area contributed by atoms with Crippen molar-refractivity contribution in [3.63, 3.8) is 0 Å². The summed E-state index contributed by atoms with van der Waals surface area (Å²) >= 11 is 0. The van der Waals surface area contributed by atoms with Crippen molar-refractivity contribution in [3.05, 3.63) is 89.7 Å². The lowest BCUT2D eigenvalue weighted by Gasteiger charge is -2.15. The molecule has 0 fully saturated rings. The van der Waals surface area contributed by atoms with Crippen LogP contribution in [-0.4, -0.2) is 22.5 Å². The van der Waals surface area contributed by atoms with E-state index in [9.17, 15) is 9.90 Å². The number of carbonyl (C=O) groups is 1. The smallest absolute Gasteiger partial charge is 0.259 e. The minimum absolute atomic E-state index is 0.0634. The molecule has 1 unspecified atom stereocenters. The molecule has 1 aromatic heterocycles. The van der Waals surface area contributed by atoms with Crippen molar-refractivity contribution < 1.29 is 14.6 Å². The summed E-state index contributed by atoms with van der Waals surface area (Å²) in [5, 5.41) is 12.8. The van der Waals surface area contributed by atoms with Crippen LogP contribution in [0.15, 0.2) is 73.1 Å². The zero-order valence-corrected chi connectivity index (χ0v) is 14.7. The molecule has 0 bridgehead atoms. The Hall–Kier alpha value is -3.22. The van der Waals surface area contributed by atoms with Crippen molar-refractivity contribution in [2.45, 2.75) is 12.7 Å². The summed E-state index contributed by atoms with van der Waals surface area (Å²) in [5.41, 5.74) is 7.97. The predicted molar refractivity (Wildman–Crippen MR) is 103 cm³/mol. The van der Waals surface area contributed by atoms with Gasteiger partial charge in [-0.25, -0.2) is 0 Å². The van der Waals surface area contributed by atoms with Gasteiger partial charge in [0.15, 0.2) is 0 Å². The van der Waals surface area contributed by atoms with Gasteiger partial charge >= 0.3 is 0 Å². The van der Waals surface area contributed by atoms with Gasteiger partial charge in [-0.15, -0.1) is 0 Å². The molecule has 0 saturated carbocycles. The number of ether oxygens (including phenoxy) is 1. The number of hydrogen-bond donors (Lipinski definition) is 3. The second-order valence-corrected chi connectivity index (χ2v) is 5.98. The summed E-state index contributed by atoms with van der Waals surface area (Å²) in [4.78, 5) is 16.8. The Morgan fingerprint density at radius 3 is 2.67 bits per heavy atom. The van der Waals surface area contributed by atoms with Crippen LogP contribution in [0.1, 0.15) is 27.6 Å². The lowest BCUT2D eigenvalue weighted by atomic mass is 10.0. The predicted octanol–water partition coefficient (Wildman–Crippen LogP) is 2.91. The fourth-order valence-corrected chi connectivity index (χ4v) is 2.56. The average molecular weight is 363 g/mol. The Bertz CT molecular complexity index is 886. The van der Waals surface area contributed by atoms with Crippen LogP contribution in [0.3, 0.4) is 0 Å². The van der Waals surface area contributed by atoms with E-state index < -0.39 is 6.10 Å².